The van der Waals surface area contributed by atoms with Crippen molar-refractivity contribution in [2.45, 2.75) is 38.9 Å². The van der Waals surface area contributed by atoms with Crippen molar-refractivity contribution < 1.29 is 9.59 Å². The van der Waals surface area contributed by atoms with Crippen LogP contribution in [0.2, 0.25) is 0 Å². The van der Waals surface area contributed by atoms with E-state index in [1.165, 1.54) is 11.8 Å². The van der Waals surface area contributed by atoms with Gasteiger partial charge in [0, 0.05) is 31.0 Å². The highest BCUT2D eigenvalue weighted by atomic mass is 32.2. The average molecular weight is 376 g/mol. The number of hydrogen-bond donors (Lipinski definition) is 2. The molecule has 0 fully saturated rings. The summed E-state index contributed by atoms with van der Waals surface area (Å²) in [6.45, 7) is 7.30. The molecule has 0 saturated carbocycles. The smallest absolute Gasteiger partial charge is 0.321 e. The number of aromatic nitrogens is 4. The topological polar surface area (TPSA) is 102 Å². The molecule has 140 valence electrons. The zero-order valence-electron chi connectivity index (χ0n) is 15.2. The molecule has 0 saturated heterocycles. The van der Waals surface area contributed by atoms with Crippen LogP contribution in [0.5, 0.6) is 0 Å². The summed E-state index contributed by atoms with van der Waals surface area (Å²) in [5.74, 6) is 0.789. The van der Waals surface area contributed by atoms with E-state index in [1.54, 1.807) is 12.4 Å². The minimum atomic E-state index is -0.475. The van der Waals surface area contributed by atoms with Crippen molar-refractivity contribution in [1.82, 2.24) is 30.4 Å². The van der Waals surface area contributed by atoms with Gasteiger partial charge in [-0.05, 0) is 24.5 Å². The van der Waals surface area contributed by atoms with Crippen LogP contribution in [0.3, 0.4) is 0 Å². The minimum absolute atomic E-state index is 0.0906. The van der Waals surface area contributed by atoms with E-state index in [0.717, 1.165) is 24.4 Å². The van der Waals surface area contributed by atoms with Gasteiger partial charge >= 0.3 is 6.03 Å². The maximum absolute atomic E-state index is 12.0. The van der Waals surface area contributed by atoms with E-state index in [0.29, 0.717) is 17.6 Å². The first-order valence-corrected chi connectivity index (χ1v) is 9.53. The number of amides is 3. The standard InChI is InChI=1S/C17H24N6O2S/c1-4-9-23-15(13-5-7-18-8-6-13)21-22-17(23)26-11-14(24)20-16(25)19-10-12(2)3/h5-8,12H,4,9-11H2,1-3H3,(H2,19,20,24,25). The van der Waals surface area contributed by atoms with E-state index >= 15 is 0 Å². The Morgan fingerprint density at radius 3 is 2.62 bits per heavy atom. The van der Waals surface area contributed by atoms with Crippen molar-refractivity contribution in [3.05, 3.63) is 24.5 Å². The quantitative estimate of drug-likeness (QED) is 0.686. The highest BCUT2D eigenvalue weighted by molar-refractivity contribution is 7.99. The molecular weight excluding hydrogens is 352 g/mol. The van der Waals surface area contributed by atoms with Crippen molar-refractivity contribution in [3.63, 3.8) is 0 Å². The van der Waals surface area contributed by atoms with E-state index < -0.39 is 6.03 Å². The maximum atomic E-state index is 12.0. The van der Waals surface area contributed by atoms with Crippen LogP contribution in [0.25, 0.3) is 11.4 Å². The molecule has 0 bridgehead atoms. The highest BCUT2D eigenvalue weighted by Gasteiger charge is 2.16. The number of carbonyl (C=O) groups is 2. The molecule has 2 rings (SSSR count). The minimum Gasteiger partial charge on any atom is -0.338 e. The number of carbonyl (C=O) groups excluding carboxylic acids is 2. The predicted molar refractivity (Wildman–Crippen MR) is 101 cm³/mol. The number of rotatable bonds is 8. The second kappa shape index (κ2) is 9.91. The third-order valence-corrected chi connectivity index (χ3v) is 4.33. The Balaban J connectivity index is 1.98. The summed E-state index contributed by atoms with van der Waals surface area (Å²) in [4.78, 5) is 27.6. The van der Waals surface area contributed by atoms with Gasteiger partial charge in [0.25, 0.3) is 0 Å². The fraction of sp³-hybridized carbons (Fsp3) is 0.471. The van der Waals surface area contributed by atoms with Gasteiger partial charge in [-0.1, -0.05) is 32.5 Å². The van der Waals surface area contributed by atoms with Gasteiger partial charge in [-0.15, -0.1) is 10.2 Å². The van der Waals surface area contributed by atoms with Gasteiger partial charge in [-0.2, -0.15) is 0 Å². The molecule has 0 aliphatic carbocycles. The van der Waals surface area contributed by atoms with Gasteiger partial charge in [0.2, 0.25) is 5.91 Å². The molecule has 26 heavy (non-hydrogen) atoms. The van der Waals surface area contributed by atoms with E-state index in [1.807, 2.05) is 30.5 Å². The van der Waals surface area contributed by atoms with Crippen molar-refractivity contribution in [3.8, 4) is 11.4 Å². The summed E-state index contributed by atoms with van der Waals surface area (Å²) in [5, 5.41) is 14.1. The summed E-state index contributed by atoms with van der Waals surface area (Å²) in [6, 6.07) is 3.27. The Hall–Kier alpha value is -2.42. The Morgan fingerprint density at radius 1 is 1.23 bits per heavy atom. The molecule has 9 heteroatoms. The molecule has 0 radical (unpaired) electrons. The summed E-state index contributed by atoms with van der Waals surface area (Å²) < 4.78 is 1.98. The molecule has 2 N–H and O–H groups in total. The molecule has 0 spiro atoms. The van der Waals surface area contributed by atoms with Crippen LogP contribution in [-0.2, 0) is 11.3 Å². The fourth-order valence-electron chi connectivity index (χ4n) is 2.17. The molecule has 8 nitrogen and oxygen atoms in total. The molecule has 2 heterocycles. The second-order valence-corrected chi connectivity index (χ2v) is 7.08. The lowest BCUT2D eigenvalue weighted by atomic mass is 10.2. The first-order valence-electron chi connectivity index (χ1n) is 8.55. The monoisotopic (exact) mass is 376 g/mol. The summed E-state index contributed by atoms with van der Waals surface area (Å²) in [6.07, 6.45) is 4.32. The van der Waals surface area contributed by atoms with Crippen LogP contribution in [0, 0.1) is 5.92 Å². The molecule has 0 unspecified atom stereocenters. The molecule has 0 aromatic carbocycles. The van der Waals surface area contributed by atoms with Crippen LogP contribution in [0.4, 0.5) is 4.79 Å². The van der Waals surface area contributed by atoms with Gasteiger partial charge in [0.15, 0.2) is 11.0 Å². The summed E-state index contributed by atoms with van der Waals surface area (Å²) >= 11 is 1.26. The van der Waals surface area contributed by atoms with Crippen LogP contribution in [0.15, 0.2) is 29.7 Å². The normalized spacial score (nSPS) is 10.8. The molecule has 0 aliphatic heterocycles. The molecule has 0 atom stereocenters. The second-order valence-electron chi connectivity index (χ2n) is 6.13. The zero-order valence-corrected chi connectivity index (χ0v) is 16.0. The number of urea groups is 1. The van der Waals surface area contributed by atoms with Crippen molar-refractivity contribution in [1.29, 1.82) is 0 Å². The highest BCUT2D eigenvalue weighted by Crippen LogP contribution is 2.23. The Kier molecular flexibility index (Phi) is 7.58. The SMILES string of the molecule is CCCn1c(SCC(=O)NC(=O)NCC(C)C)nnc1-c1ccncc1. The van der Waals surface area contributed by atoms with Crippen molar-refractivity contribution in [2.75, 3.05) is 12.3 Å². The van der Waals surface area contributed by atoms with Gasteiger partial charge in [0.1, 0.15) is 0 Å². The third kappa shape index (κ3) is 5.83. The molecule has 3 amide bonds. The van der Waals surface area contributed by atoms with E-state index in [-0.39, 0.29) is 11.7 Å². The van der Waals surface area contributed by atoms with Gasteiger partial charge in [0.05, 0.1) is 5.75 Å². The number of imide groups is 1. The largest absolute Gasteiger partial charge is 0.338 e. The molecule has 0 aliphatic rings. The Labute approximate surface area is 157 Å². The average Bonchev–Trinajstić information content (AvgIpc) is 3.02. The first-order chi connectivity index (χ1) is 12.5. The summed E-state index contributed by atoms with van der Waals surface area (Å²) in [5.41, 5.74) is 0.922. The number of hydrogen-bond acceptors (Lipinski definition) is 6. The van der Waals surface area contributed by atoms with Crippen LogP contribution >= 0.6 is 11.8 Å². The molecule has 2 aromatic rings. The lowest BCUT2D eigenvalue weighted by Gasteiger charge is -2.10. The van der Waals surface area contributed by atoms with Crippen LogP contribution in [-0.4, -0.2) is 44.0 Å². The van der Waals surface area contributed by atoms with E-state index in [4.69, 9.17) is 0 Å². The van der Waals surface area contributed by atoms with Crippen LogP contribution < -0.4 is 10.6 Å². The van der Waals surface area contributed by atoms with Gasteiger partial charge in [-0.25, -0.2) is 4.79 Å². The number of nitrogens with one attached hydrogen (secondary N) is 2. The number of pyridine rings is 1. The van der Waals surface area contributed by atoms with Crippen molar-refractivity contribution in [2.24, 2.45) is 5.92 Å². The summed E-state index contributed by atoms with van der Waals surface area (Å²) in [7, 11) is 0. The Bertz CT molecular complexity index is 732. The van der Waals surface area contributed by atoms with Crippen LogP contribution in [0.1, 0.15) is 27.2 Å². The van der Waals surface area contributed by atoms with Gasteiger partial charge in [-0.3, -0.25) is 15.1 Å². The third-order valence-electron chi connectivity index (χ3n) is 3.36. The zero-order chi connectivity index (χ0) is 18.9. The van der Waals surface area contributed by atoms with Gasteiger partial charge < -0.3 is 9.88 Å². The fourth-order valence-corrected chi connectivity index (χ4v) is 2.93. The lowest BCUT2D eigenvalue weighted by Crippen LogP contribution is -2.41. The van der Waals surface area contributed by atoms with Crippen molar-refractivity contribution >= 4 is 23.7 Å². The number of nitrogens with zero attached hydrogens (tertiary/aromatic N) is 4. The predicted octanol–water partition coefficient (Wildman–Crippen LogP) is 2.32. The maximum Gasteiger partial charge on any atom is 0.321 e. The molecular formula is C17H24N6O2S. The lowest BCUT2D eigenvalue weighted by molar-refractivity contribution is -0.117. The first kappa shape index (κ1) is 19.9. The molecule has 2 aromatic heterocycles. The van der Waals surface area contributed by atoms with E-state index in [2.05, 4.69) is 32.7 Å². The Morgan fingerprint density at radius 2 is 1.96 bits per heavy atom. The number of thioether (sulfide) groups is 1. The van der Waals surface area contributed by atoms with E-state index in [9.17, 15) is 9.59 Å².